The summed E-state index contributed by atoms with van der Waals surface area (Å²) in [6.07, 6.45) is 0.632. The van der Waals surface area contributed by atoms with Gasteiger partial charge < -0.3 is 9.47 Å². The van der Waals surface area contributed by atoms with E-state index < -0.39 is 10.0 Å². The standard InChI is InChI=1S/C22H23NO4S/c1-15-20-14-22(27-3)21(26-2)13-18(20)10-11-23(15)28(24,25)19-9-8-16-6-4-5-7-17(16)12-19/h4-9,12-15H,10-11H2,1-3H3. The van der Waals surface area contributed by atoms with E-state index in [0.29, 0.717) is 29.4 Å². The number of hydrogen-bond acceptors (Lipinski definition) is 4. The zero-order valence-corrected chi connectivity index (χ0v) is 17.0. The molecule has 3 aromatic rings. The summed E-state index contributed by atoms with van der Waals surface area (Å²) >= 11 is 0. The Bertz CT molecular complexity index is 1140. The lowest BCUT2D eigenvalue weighted by atomic mass is 9.94. The van der Waals surface area contributed by atoms with Crippen LogP contribution < -0.4 is 9.47 Å². The van der Waals surface area contributed by atoms with Crippen molar-refractivity contribution in [2.24, 2.45) is 0 Å². The third kappa shape index (κ3) is 3.02. The number of hydrogen-bond donors (Lipinski definition) is 0. The lowest BCUT2D eigenvalue weighted by Gasteiger charge is -2.34. The third-order valence-electron chi connectivity index (χ3n) is 5.46. The van der Waals surface area contributed by atoms with Crippen molar-refractivity contribution in [2.75, 3.05) is 20.8 Å². The average molecular weight is 397 g/mol. The van der Waals surface area contributed by atoms with E-state index >= 15 is 0 Å². The predicted molar refractivity (Wildman–Crippen MR) is 110 cm³/mol. The molecular weight excluding hydrogens is 374 g/mol. The number of fused-ring (bicyclic) bond motifs is 2. The van der Waals surface area contributed by atoms with Gasteiger partial charge in [-0.25, -0.2) is 8.42 Å². The van der Waals surface area contributed by atoms with Crippen LogP contribution >= 0.6 is 0 Å². The molecule has 0 aliphatic carbocycles. The van der Waals surface area contributed by atoms with Gasteiger partial charge in [-0.2, -0.15) is 4.31 Å². The fourth-order valence-electron chi connectivity index (χ4n) is 3.91. The summed E-state index contributed by atoms with van der Waals surface area (Å²) < 4.78 is 39.2. The summed E-state index contributed by atoms with van der Waals surface area (Å²) in [5.74, 6) is 1.28. The minimum absolute atomic E-state index is 0.292. The van der Waals surface area contributed by atoms with Crippen molar-refractivity contribution in [3.8, 4) is 11.5 Å². The molecule has 1 atom stereocenters. The first-order valence-corrected chi connectivity index (χ1v) is 10.6. The number of sulfonamides is 1. The molecule has 0 spiro atoms. The second kappa shape index (κ2) is 7.11. The number of rotatable bonds is 4. The Morgan fingerprint density at radius 1 is 0.929 bits per heavy atom. The van der Waals surface area contributed by atoms with E-state index in [2.05, 4.69) is 0 Å². The lowest BCUT2D eigenvalue weighted by molar-refractivity contribution is 0.319. The molecule has 1 heterocycles. The van der Waals surface area contributed by atoms with Gasteiger partial charge in [0, 0.05) is 12.6 Å². The molecule has 0 fully saturated rings. The monoisotopic (exact) mass is 397 g/mol. The van der Waals surface area contributed by atoms with Crippen LogP contribution in [-0.2, 0) is 16.4 Å². The van der Waals surface area contributed by atoms with Crippen molar-refractivity contribution in [2.45, 2.75) is 24.3 Å². The Hall–Kier alpha value is -2.57. The maximum absolute atomic E-state index is 13.4. The third-order valence-corrected chi connectivity index (χ3v) is 7.42. The van der Waals surface area contributed by atoms with E-state index in [9.17, 15) is 8.42 Å². The average Bonchev–Trinajstić information content (AvgIpc) is 2.72. The molecule has 0 bridgehead atoms. The Balaban J connectivity index is 1.75. The smallest absolute Gasteiger partial charge is 0.243 e. The normalized spacial score (nSPS) is 17.3. The van der Waals surface area contributed by atoms with E-state index in [1.165, 1.54) is 0 Å². The number of benzene rings is 3. The highest BCUT2D eigenvalue weighted by Crippen LogP contribution is 2.40. The van der Waals surface area contributed by atoms with Gasteiger partial charge in [-0.3, -0.25) is 0 Å². The van der Waals surface area contributed by atoms with Crippen LogP contribution in [0.5, 0.6) is 11.5 Å². The summed E-state index contributed by atoms with van der Waals surface area (Å²) in [6, 6.07) is 16.6. The molecule has 0 saturated heterocycles. The molecular formula is C22H23NO4S. The zero-order valence-electron chi connectivity index (χ0n) is 16.2. The molecule has 6 heteroatoms. The van der Waals surface area contributed by atoms with Gasteiger partial charge in [0.15, 0.2) is 11.5 Å². The summed E-state index contributed by atoms with van der Waals surface area (Å²) in [5, 5.41) is 1.94. The fourth-order valence-corrected chi connectivity index (χ4v) is 5.56. The molecule has 1 aliphatic rings. The van der Waals surface area contributed by atoms with Gasteiger partial charge in [-0.05, 0) is 59.5 Å². The van der Waals surface area contributed by atoms with E-state index in [-0.39, 0.29) is 6.04 Å². The zero-order chi connectivity index (χ0) is 19.9. The Morgan fingerprint density at radius 2 is 1.61 bits per heavy atom. The minimum Gasteiger partial charge on any atom is -0.493 e. The Morgan fingerprint density at radius 3 is 2.32 bits per heavy atom. The summed E-state index contributed by atoms with van der Waals surface area (Å²) in [6.45, 7) is 2.35. The molecule has 3 aromatic carbocycles. The minimum atomic E-state index is -3.62. The number of methoxy groups -OCH3 is 2. The molecule has 146 valence electrons. The Labute approximate surface area is 165 Å². The largest absolute Gasteiger partial charge is 0.493 e. The lowest BCUT2D eigenvalue weighted by Crippen LogP contribution is -2.38. The van der Waals surface area contributed by atoms with Crippen molar-refractivity contribution in [3.63, 3.8) is 0 Å². The molecule has 4 rings (SSSR count). The second-order valence-electron chi connectivity index (χ2n) is 6.96. The van der Waals surface area contributed by atoms with Crippen LogP contribution in [0.25, 0.3) is 10.8 Å². The van der Waals surface area contributed by atoms with E-state index in [4.69, 9.17) is 9.47 Å². The second-order valence-corrected chi connectivity index (χ2v) is 8.85. The van der Waals surface area contributed by atoms with Crippen molar-refractivity contribution in [3.05, 3.63) is 65.7 Å². The van der Waals surface area contributed by atoms with Gasteiger partial charge in [0.1, 0.15) is 0 Å². The molecule has 0 N–H and O–H groups in total. The van der Waals surface area contributed by atoms with Crippen LogP contribution in [0.4, 0.5) is 0 Å². The van der Waals surface area contributed by atoms with Gasteiger partial charge >= 0.3 is 0 Å². The molecule has 1 unspecified atom stereocenters. The first-order chi connectivity index (χ1) is 13.5. The summed E-state index contributed by atoms with van der Waals surface area (Å²) in [5.41, 5.74) is 2.04. The first kappa shape index (κ1) is 18.8. The predicted octanol–water partition coefficient (Wildman–Crippen LogP) is 4.17. The summed E-state index contributed by atoms with van der Waals surface area (Å²) in [7, 11) is -0.431. The molecule has 0 saturated carbocycles. The van der Waals surface area contributed by atoms with E-state index in [0.717, 1.165) is 21.9 Å². The highest BCUT2D eigenvalue weighted by atomic mass is 32.2. The van der Waals surface area contributed by atoms with E-state index in [1.54, 1.807) is 30.7 Å². The first-order valence-electron chi connectivity index (χ1n) is 9.21. The van der Waals surface area contributed by atoms with Gasteiger partial charge in [0.25, 0.3) is 0 Å². The quantitative estimate of drug-likeness (QED) is 0.663. The molecule has 28 heavy (non-hydrogen) atoms. The van der Waals surface area contributed by atoms with Gasteiger partial charge in [0.2, 0.25) is 10.0 Å². The van der Waals surface area contributed by atoms with Crippen LogP contribution in [0.15, 0.2) is 59.5 Å². The van der Waals surface area contributed by atoms with Gasteiger partial charge in [0.05, 0.1) is 19.1 Å². The van der Waals surface area contributed by atoms with Crippen LogP contribution in [0.1, 0.15) is 24.1 Å². The Kier molecular flexibility index (Phi) is 4.77. The maximum Gasteiger partial charge on any atom is 0.243 e. The number of ether oxygens (including phenoxy) is 2. The van der Waals surface area contributed by atoms with Crippen molar-refractivity contribution >= 4 is 20.8 Å². The van der Waals surface area contributed by atoms with Crippen LogP contribution in [-0.4, -0.2) is 33.5 Å². The van der Waals surface area contributed by atoms with E-state index in [1.807, 2.05) is 49.4 Å². The highest BCUT2D eigenvalue weighted by molar-refractivity contribution is 7.89. The van der Waals surface area contributed by atoms with Gasteiger partial charge in [-0.15, -0.1) is 0 Å². The van der Waals surface area contributed by atoms with Crippen LogP contribution in [0.3, 0.4) is 0 Å². The summed E-state index contributed by atoms with van der Waals surface area (Å²) in [4.78, 5) is 0.321. The molecule has 0 aromatic heterocycles. The fraction of sp³-hybridized carbons (Fsp3) is 0.273. The van der Waals surface area contributed by atoms with Crippen molar-refractivity contribution < 1.29 is 17.9 Å². The number of nitrogens with zero attached hydrogens (tertiary/aromatic N) is 1. The van der Waals surface area contributed by atoms with Crippen molar-refractivity contribution in [1.82, 2.24) is 4.31 Å². The maximum atomic E-state index is 13.4. The molecule has 1 aliphatic heterocycles. The van der Waals surface area contributed by atoms with Crippen LogP contribution in [0, 0.1) is 0 Å². The molecule has 5 nitrogen and oxygen atoms in total. The van der Waals surface area contributed by atoms with Crippen molar-refractivity contribution in [1.29, 1.82) is 0 Å². The molecule has 0 radical (unpaired) electrons. The van der Waals surface area contributed by atoms with Crippen LogP contribution in [0.2, 0.25) is 0 Å². The topological polar surface area (TPSA) is 55.8 Å². The highest BCUT2D eigenvalue weighted by Gasteiger charge is 2.34. The SMILES string of the molecule is COc1cc2c(cc1OC)C(C)N(S(=O)(=O)c1ccc3ccccc3c1)CC2. The molecule has 0 amide bonds. The van der Waals surface area contributed by atoms with Gasteiger partial charge in [-0.1, -0.05) is 30.3 Å².